The van der Waals surface area contributed by atoms with E-state index in [0.717, 1.165) is 24.3 Å². The Balaban J connectivity index is 1.98. The molecule has 2 rings (SSSR count). The summed E-state index contributed by atoms with van der Waals surface area (Å²) in [4.78, 5) is 5.72. The molecule has 0 aliphatic carbocycles. The lowest BCUT2D eigenvalue weighted by atomic mass is 10.1. The number of nitrogens with zero attached hydrogens (tertiary/aromatic N) is 1. The highest BCUT2D eigenvalue weighted by molar-refractivity contribution is 8.03. The van der Waals surface area contributed by atoms with Crippen molar-refractivity contribution in [2.75, 3.05) is 0 Å². The highest BCUT2D eigenvalue weighted by Gasteiger charge is 2.02. The molecule has 0 radical (unpaired) electrons. The van der Waals surface area contributed by atoms with Crippen LogP contribution < -0.4 is 0 Å². The normalized spacial score (nSPS) is 11.4. The van der Waals surface area contributed by atoms with Crippen LogP contribution in [0.4, 0.5) is 0 Å². The Bertz CT molecular complexity index is 587. The molecule has 1 nitrogen and oxygen atoms in total. The van der Waals surface area contributed by atoms with E-state index in [0.29, 0.717) is 0 Å². The SMILES string of the molecule is C=C(C)C/C(=C\CCc1ccccc1)Sc1ccccn1. The number of rotatable bonds is 7. The molecule has 21 heavy (non-hydrogen) atoms. The van der Waals surface area contributed by atoms with E-state index in [1.165, 1.54) is 16.0 Å². The van der Waals surface area contributed by atoms with Gasteiger partial charge >= 0.3 is 0 Å². The molecule has 0 saturated carbocycles. The lowest BCUT2D eigenvalue weighted by Crippen LogP contribution is -1.86. The first-order valence-electron chi connectivity index (χ1n) is 7.20. The van der Waals surface area contributed by atoms with E-state index < -0.39 is 0 Å². The quantitative estimate of drug-likeness (QED) is 0.483. The van der Waals surface area contributed by atoms with Crippen LogP contribution in [0, 0.1) is 0 Å². The van der Waals surface area contributed by atoms with Gasteiger partial charge in [-0.05, 0) is 48.8 Å². The maximum atomic E-state index is 4.38. The summed E-state index contributed by atoms with van der Waals surface area (Å²) in [6.07, 6.45) is 7.21. The minimum atomic E-state index is 0.927. The molecule has 1 aromatic heterocycles. The number of aromatic nitrogens is 1. The van der Waals surface area contributed by atoms with E-state index in [4.69, 9.17) is 0 Å². The molecule has 0 fully saturated rings. The van der Waals surface area contributed by atoms with Crippen molar-refractivity contribution in [3.05, 3.63) is 83.4 Å². The largest absolute Gasteiger partial charge is 0.250 e. The second-order valence-electron chi connectivity index (χ2n) is 5.10. The predicted molar refractivity (Wildman–Crippen MR) is 92.4 cm³/mol. The molecule has 1 aromatic carbocycles. The van der Waals surface area contributed by atoms with Crippen LogP contribution in [0.1, 0.15) is 25.3 Å². The Hall–Kier alpha value is -1.80. The Labute approximate surface area is 131 Å². The van der Waals surface area contributed by atoms with Crippen LogP contribution in [0.2, 0.25) is 0 Å². The molecule has 0 spiro atoms. The van der Waals surface area contributed by atoms with Crippen LogP contribution in [-0.4, -0.2) is 4.98 Å². The molecule has 0 bridgehead atoms. The third-order valence-corrected chi connectivity index (χ3v) is 4.02. The van der Waals surface area contributed by atoms with Gasteiger partial charge in [0, 0.05) is 6.20 Å². The van der Waals surface area contributed by atoms with Gasteiger partial charge in [-0.2, -0.15) is 0 Å². The minimum absolute atomic E-state index is 0.927. The van der Waals surface area contributed by atoms with E-state index in [2.05, 4.69) is 54.9 Å². The molecule has 0 aliphatic rings. The van der Waals surface area contributed by atoms with Crippen molar-refractivity contribution in [2.24, 2.45) is 0 Å². The van der Waals surface area contributed by atoms with Crippen LogP contribution in [0.3, 0.4) is 0 Å². The number of allylic oxidation sites excluding steroid dienone is 3. The fourth-order valence-electron chi connectivity index (χ4n) is 2.03. The smallest absolute Gasteiger partial charge is 0.100 e. The topological polar surface area (TPSA) is 12.9 Å². The molecule has 2 heteroatoms. The molecule has 108 valence electrons. The second kappa shape index (κ2) is 8.48. The summed E-state index contributed by atoms with van der Waals surface area (Å²) in [5.74, 6) is 0. The van der Waals surface area contributed by atoms with Gasteiger partial charge in [0.25, 0.3) is 0 Å². The summed E-state index contributed by atoms with van der Waals surface area (Å²) in [5.41, 5.74) is 2.57. The molecule has 0 saturated heterocycles. The Morgan fingerprint density at radius 1 is 1.14 bits per heavy atom. The third-order valence-electron chi connectivity index (χ3n) is 3.00. The van der Waals surface area contributed by atoms with Crippen molar-refractivity contribution in [3.8, 4) is 0 Å². The zero-order valence-electron chi connectivity index (χ0n) is 12.5. The van der Waals surface area contributed by atoms with E-state index >= 15 is 0 Å². The van der Waals surface area contributed by atoms with Gasteiger partial charge in [0.1, 0.15) is 5.03 Å². The monoisotopic (exact) mass is 295 g/mol. The Morgan fingerprint density at radius 3 is 2.57 bits per heavy atom. The zero-order chi connectivity index (χ0) is 14.9. The molecule has 2 aromatic rings. The fourth-order valence-corrected chi connectivity index (χ4v) is 3.08. The van der Waals surface area contributed by atoms with Crippen molar-refractivity contribution in [3.63, 3.8) is 0 Å². The number of pyridine rings is 1. The lowest BCUT2D eigenvalue weighted by molar-refractivity contribution is 0.989. The van der Waals surface area contributed by atoms with Crippen molar-refractivity contribution in [1.82, 2.24) is 4.98 Å². The Morgan fingerprint density at radius 2 is 1.90 bits per heavy atom. The third kappa shape index (κ3) is 6.01. The summed E-state index contributed by atoms with van der Waals surface area (Å²) < 4.78 is 0. The van der Waals surface area contributed by atoms with Crippen molar-refractivity contribution < 1.29 is 0 Å². The van der Waals surface area contributed by atoms with Gasteiger partial charge in [-0.1, -0.05) is 66.4 Å². The lowest BCUT2D eigenvalue weighted by Gasteiger charge is -2.07. The molecule has 0 aliphatic heterocycles. The zero-order valence-corrected chi connectivity index (χ0v) is 13.3. The molecule has 0 unspecified atom stereocenters. The summed E-state index contributed by atoms with van der Waals surface area (Å²) >= 11 is 1.74. The standard InChI is InChI=1S/C19H21NS/c1-16(2)15-18(21-19-13-6-7-14-20-19)12-8-11-17-9-4-3-5-10-17/h3-7,9-10,12-14H,1,8,11,15H2,2H3/b18-12+. The van der Waals surface area contributed by atoms with Crippen LogP contribution in [0.15, 0.2) is 82.9 Å². The van der Waals surface area contributed by atoms with Gasteiger partial charge in [-0.3, -0.25) is 0 Å². The highest BCUT2D eigenvalue weighted by atomic mass is 32.2. The van der Waals surface area contributed by atoms with Crippen LogP contribution in [0.5, 0.6) is 0 Å². The fraction of sp³-hybridized carbons (Fsp3) is 0.211. The maximum Gasteiger partial charge on any atom is 0.100 e. The van der Waals surface area contributed by atoms with Gasteiger partial charge in [-0.15, -0.1) is 0 Å². The first-order chi connectivity index (χ1) is 10.2. The second-order valence-corrected chi connectivity index (χ2v) is 6.25. The molecule has 0 N–H and O–H groups in total. The molecular formula is C19H21NS. The van der Waals surface area contributed by atoms with Crippen molar-refractivity contribution in [1.29, 1.82) is 0 Å². The van der Waals surface area contributed by atoms with Crippen molar-refractivity contribution in [2.45, 2.75) is 31.2 Å². The van der Waals surface area contributed by atoms with E-state index in [1.54, 1.807) is 11.8 Å². The first-order valence-corrected chi connectivity index (χ1v) is 8.02. The number of aryl methyl sites for hydroxylation is 1. The molecular weight excluding hydrogens is 274 g/mol. The highest BCUT2D eigenvalue weighted by Crippen LogP contribution is 2.29. The molecule has 0 amide bonds. The molecule has 0 atom stereocenters. The van der Waals surface area contributed by atoms with Gasteiger partial charge in [0.2, 0.25) is 0 Å². The average molecular weight is 295 g/mol. The summed E-state index contributed by atoms with van der Waals surface area (Å²) in [6, 6.07) is 16.6. The van der Waals surface area contributed by atoms with Crippen LogP contribution in [-0.2, 0) is 6.42 Å². The van der Waals surface area contributed by atoms with E-state index in [9.17, 15) is 0 Å². The van der Waals surface area contributed by atoms with Gasteiger partial charge in [-0.25, -0.2) is 4.98 Å². The van der Waals surface area contributed by atoms with E-state index in [1.807, 2.05) is 24.4 Å². The molecule has 1 heterocycles. The number of hydrogen-bond acceptors (Lipinski definition) is 2. The van der Waals surface area contributed by atoms with Crippen molar-refractivity contribution >= 4 is 11.8 Å². The maximum absolute atomic E-state index is 4.38. The van der Waals surface area contributed by atoms with Gasteiger partial charge < -0.3 is 0 Å². The summed E-state index contributed by atoms with van der Waals surface area (Å²) in [6.45, 7) is 6.10. The first kappa shape index (κ1) is 15.6. The summed E-state index contributed by atoms with van der Waals surface area (Å²) in [7, 11) is 0. The van der Waals surface area contributed by atoms with Gasteiger partial charge in [0.15, 0.2) is 0 Å². The van der Waals surface area contributed by atoms with Gasteiger partial charge in [0.05, 0.1) is 0 Å². The predicted octanol–water partition coefficient (Wildman–Crippen LogP) is 5.66. The van der Waals surface area contributed by atoms with Crippen LogP contribution >= 0.6 is 11.8 Å². The summed E-state index contributed by atoms with van der Waals surface area (Å²) in [5, 5.41) is 1.05. The minimum Gasteiger partial charge on any atom is -0.250 e. The number of benzene rings is 1. The van der Waals surface area contributed by atoms with Crippen LogP contribution in [0.25, 0.3) is 0 Å². The average Bonchev–Trinajstić information content (AvgIpc) is 2.49. The number of hydrogen-bond donors (Lipinski definition) is 0. The van der Waals surface area contributed by atoms with E-state index in [-0.39, 0.29) is 0 Å². The number of thioether (sulfide) groups is 1. The Kier molecular flexibility index (Phi) is 6.29.